The Balaban J connectivity index is 1.83. The monoisotopic (exact) mass is 268 g/mol. The lowest BCUT2D eigenvalue weighted by atomic mass is 9.66. The van der Waals surface area contributed by atoms with E-state index in [0.29, 0.717) is 12.5 Å². The number of carboxylic acids is 1. The number of rotatable bonds is 5. The van der Waals surface area contributed by atoms with Crippen LogP contribution < -0.4 is 10.6 Å². The Labute approximate surface area is 114 Å². The molecule has 1 aliphatic heterocycles. The number of piperidine rings is 1. The maximum Gasteiger partial charge on any atom is 0.303 e. The summed E-state index contributed by atoms with van der Waals surface area (Å²) in [6.07, 6.45) is 5.25. The molecule has 2 rings (SSSR count). The van der Waals surface area contributed by atoms with E-state index in [2.05, 4.69) is 17.6 Å². The highest BCUT2D eigenvalue weighted by Gasteiger charge is 2.40. The molecule has 108 valence electrons. The molecule has 1 saturated carbocycles. The van der Waals surface area contributed by atoms with Gasteiger partial charge in [0.15, 0.2) is 0 Å². The van der Waals surface area contributed by atoms with Crippen molar-refractivity contribution >= 4 is 11.9 Å². The number of amides is 1. The molecule has 0 bridgehead atoms. The van der Waals surface area contributed by atoms with Crippen LogP contribution in [0.25, 0.3) is 0 Å². The third kappa shape index (κ3) is 3.47. The number of aliphatic carboxylic acids is 1. The van der Waals surface area contributed by atoms with E-state index in [1.165, 1.54) is 0 Å². The van der Waals surface area contributed by atoms with Gasteiger partial charge in [0.05, 0.1) is 12.5 Å². The molecule has 0 radical (unpaired) electrons. The molecule has 3 N–H and O–H groups in total. The van der Waals surface area contributed by atoms with E-state index in [0.717, 1.165) is 38.6 Å². The Morgan fingerprint density at radius 1 is 1.37 bits per heavy atom. The largest absolute Gasteiger partial charge is 0.481 e. The van der Waals surface area contributed by atoms with E-state index >= 15 is 0 Å². The quantitative estimate of drug-likeness (QED) is 0.698. The van der Waals surface area contributed by atoms with Crippen LogP contribution in [0.5, 0.6) is 0 Å². The smallest absolute Gasteiger partial charge is 0.303 e. The Morgan fingerprint density at radius 3 is 2.63 bits per heavy atom. The third-order valence-corrected chi connectivity index (χ3v) is 4.63. The van der Waals surface area contributed by atoms with Gasteiger partial charge in [-0.25, -0.2) is 0 Å². The summed E-state index contributed by atoms with van der Waals surface area (Å²) in [4.78, 5) is 23.0. The molecule has 2 fully saturated rings. The van der Waals surface area contributed by atoms with E-state index in [9.17, 15) is 9.59 Å². The second-order valence-electron chi connectivity index (χ2n) is 6.19. The Hall–Kier alpha value is -1.10. The van der Waals surface area contributed by atoms with Crippen molar-refractivity contribution in [3.8, 4) is 0 Å². The highest BCUT2D eigenvalue weighted by molar-refractivity contribution is 5.82. The van der Waals surface area contributed by atoms with Crippen molar-refractivity contribution in [1.29, 1.82) is 0 Å². The minimum Gasteiger partial charge on any atom is -0.481 e. The zero-order valence-electron chi connectivity index (χ0n) is 11.6. The molecule has 2 aliphatic rings. The molecule has 1 aliphatic carbocycles. The summed E-state index contributed by atoms with van der Waals surface area (Å²) in [5, 5.41) is 15.2. The van der Waals surface area contributed by atoms with E-state index in [4.69, 9.17) is 5.11 Å². The predicted octanol–water partition coefficient (Wildman–Crippen LogP) is 1.14. The number of carbonyl (C=O) groups excluding carboxylic acids is 1. The zero-order chi connectivity index (χ0) is 13.9. The Kier molecular flexibility index (Phi) is 4.45. The van der Waals surface area contributed by atoms with Crippen LogP contribution in [0.4, 0.5) is 0 Å². The first-order valence-electron chi connectivity index (χ1n) is 7.25. The molecule has 0 aromatic rings. The van der Waals surface area contributed by atoms with Crippen LogP contribution in [0.15, 0.2) is 0 Å². The lowest BCUT2D eigenvalue weighted by Gasteiger charge is -2.41. The van der Waals surface area contributed by atoms with Gasteiger partial charge in [-0.2, -0.15) is 0 Å². The van der Waals surface area contributed by atoms with Crippen molar-refractivity contribution < 1.29 is 14.7 Å². The summed E-state index contributed by atoms with van der Waals surface area (Å²) in [7, 11) is 0. The highest BCUT2D eigenvalue weighted by atomic mass is 16.4. The molecule has 2 unspecified atom stereocenters. The summed E-state index contributed by atoms with van der Waals surface area (Å²) in [6.45, 7) is 3.48. The molecule has 5 nitrogen and oxygen atoms in total. The van der Waals surface area contributed by atoms with Gasteiger partial charge in [-0.05, 0) is 43.6 Å². The fraction of sp³-hybridized carbons (Fsp3) is 0.857. The highest BCUT2D eigenvalue weighted by Crippen LogP contribution is 2.43. The second-order valence-corrected chi connectivity index (χ2v) is 6.19. The van der Waals surface area contributed by atoms with Crippen molar-refractivity contribution in [2.24, 2.45) is 11.3 Å². The van der Waals surface area contributed by atoms with Gasteiger partial charge in [-0.15, -0.1) is 0 Å². The van der Waals surface area contributed by atoms with Gasteiger partial charge in [0, 0.05) is 6.54 Å². The summed E-state index contributed by atoms with van der Waals surface area (Å²) < 4.78 is 0. The van der Waals surface area contributed by atoms with Crippen molar-refractivity contribution in [3.05, 3.63) is 0 Å². The average molecular weight is 268 g/mol. The molecule has 0 spiro atoms. The van der Waals surface area contributed by atoms with Gasteiger partial charge in [0.25, 0.3) is 0 Å². The van der Waals surface area contributed by atoms with Crippen LogP contribution >= 0.6 is 0 Å². The fourth-order valence-corrected chi connectivity index (χ4v) is 3.20. The van der Waals surface area contributed by atoms with E-state index in [1.807, 2.05) is 0 Å². The van der Waals surface area contributed by atoms with Crippen molar-refractivity contribution in [3.63, 3.8) is 0 Å². The summed E-state index contributed by atoms with van der Waals surface area (Å²) >= 11 is 0. The number of hydrogen-bond donors (Lipinski definition) is 3. The lowest BCUT2D eigenvalue weighted by Crippen LogP contribution is -2.53. The van der Waals surface area contributed by atoms with E-state index in [1.54, 1.807) is 0 Å². The van der Waals surface area contributed by atoms with Gasteiger partial charge < -0.3 is 15.7 Å². The molecular formula is C14H24N2O3. The molecule has 5 heteroatoms. The van der Waals surface area contributed by atoms with Gasteiger partial charge in [-0.3, -0.25) is 9.59 Å². The van der Waals surface area contributed by atoms with Crippen LogP contribution in [0.1, 0.15) is 45.4 Å². The third-order valence-electron chi connectivity index (χ3n) is 4.63. The lowest BCUT2D eigenvalue weighted by molar-refractivity contribution is -0.142. The number of hydrogen-bond acceptors (Lipinski definition) is 3. The van der Waals surface area contributed by atoms with Gasteiger partial charge in [0.2, 0.25) is 5.91 Å². The van der Waals surface area contributed by atoms with Crippen molar-refractivity contribution in [2.45, 2.75) is 51.5 Å². The van der Waals surface area contributed by atoms with Gasteiger partial charge >= 0.3 is 5.97 Å². The normalized spacial score (nSPS) is 29.3. The van der Waals surface area contributed by atoms with Crippen LogP contribution in [-0.2, 0) is 9.59 Å². The molecule has 1 amide bonds. The Bertz CT molecular complexity index is 353. The SMILES string of the molecule is CC1CCCNC1C(=O)NCC1(CC(=O)O)CCC1. The van der Waals surface area contributed by atoms with Crippen LogP contribution in [0, 0.1) is 11.3 Å². The molecule has 1 heterocycles. The summed E-state index contributed by atoms with van der Waals surface area (Å²) in [5.41, 5.74) is -0.195. The number of nitrogens with one attached hydrogen (secondary N) is 2. The molecule has 0 aromatic carbocycles. The van der Waals surface area contributed by atoms with Crippen LogP contribution in [0.2, 0.25) is 0 Å². The van der Waals surface area contributed by atoms with Crippen LogP contribution in [-0.4, -0.2) is 36.1 Å². The first-order chi connectivity index (χ1) is 9.02. The van der Waals surface area contributed by atoms with E-state index < -0.39 is 5.97 Å². The topological polar surface area (TPSA) is 78.4 Å². The predicted molar refractivity (Wildman–Crippen MR) is 71.7 cm³/mol. The zero-order valence-corrected chi connectivity index (χ0v) is 11.6. The fourth-order valence-electron chi connectivity index (χ4n) is 3.20. The molecule has 0 aromatic heterocycles. The average Bonchev–Trinajstić information content (AvgIpc) is 2.32. The van der Waals surface area contributed by atoms with Crippen molar-refractivity contribution in [2.75, 3.05) is 13.1 Å². The minimum atomic E-state index is -0.766. The standard InChI is InChI=1S/C14H24N2O3/c1-10-4-2-7-15-12(10)13(19)16-9-14(5-3-6-14)8-11(17)18/h10,12,15H,2-9H2,1H3,(H,16,19)(H,17,18). The minimum absolute atomic E-state index is 0.0314. The van der Waals surface area contributed by atoms with Crippen LogP contribution in [0.3, 0.4) is 0 Å². The molecule has 2 atom stereocenters. The molecule has 19 heavy (non-hydrogen) atoms. The van der Waals surface area contributed by atoms with E-state index in [-0.39, 0.29) is 23.8 Å². The van der Waals surface area contributed by atoms with Gasteiger partial charge in [0.1, 0.15) is 0 Å². The molecular weight excluding hydrogens is 244 g/mol. The maximum atomic E-state index is 12.2. The van der Waals surface area contributed by atoms with Crippen molar-refractivity contribution in [1.82, 2.24) is 10.6 Å². The molecule has 1 saturated heterocycles. The summed E-state index contributed by atoms with van der Waals surface area (Å²) in [6, 6.07) is -0.115. The number of carboxylic acid groups (broad SMARTS) is 1. The summed E-state index contributed by atoms with van der Waals surface area (Å²) in [5.74, 6) is -0.382. The first kappa shape index (κ1) is 14.3. The first-order valence-corrected chi connectivity index (χ1v) is 7.25. The second kappa shape index (κ2) is 5.90. The Morgan fingerprint density at radius 2 is 2.11 bits per heavy atom. The van der Waals surface area contributed by atoms with Gasteiger partial charge in [-0.1, -0.05) is 13.3 Å². The number of carbonyl (C=O) groups is 2. The maximum absolute atomic E-state index is 12.2.